The number of nitrogens with zero attached hydrogens (tertiary/aromatic N) is 3. The van der Waals surface area contributed by atoms with Gasteiger partial charge in [-0.2, -0.15) is 5.10 Å². The zero-order valence-corrected chi connectivity index (χ0v) is 12.7. The fraction of sp³-hybridized carbons (Fsp3) is 0.308. The van der Waals surface area contributed by atoms with E-state index < -0.39 is 10.0 Å². The molecule has 0 amide bonds. The number of aryl methyl sites for hydroxylation is 1. The molecule has 7 heteroatoms. The number of anilines is 1. The molecule has 1 aliphatic rings. The van der Waals surface area contributed by atoms with Gasteiger partial charge in [0.05, 0.1) is 17.6 Å². The Labute approximate surface area is 122 Å². The molecule has 1 aliphatic heterocycles. The first-order valence-electron chi connectivity index (χ1n) is 6.21. The van der Waals surface area contributed by atoms with Gasteiger partial charge in [0, 0.05) is 18.6 Å². The molecule has 0 fully saturated rings. The van der Waals surface area contributed by atoms with Crippen LogP contribution in [0.15, 0.2) is 29.3 Å². The van der Waals surface area contributed by atoms with E-state index in [4.69, 9.17) is 11.6 Å². The van der Waals surface area contributed by atoms with E-state index in [9.17, 15) is 8.42 Å². The summed E-state index contributed by atoms with van der Waals surface area (Å²) in [5, 5.41) is 4.64. The first-order chi connectivity index (χ1) is 9.41. The minimum absolute atomic E-state index is 0.253. The van der Waals surface area contributed by atoms with Gasteiger partial charge in [0.2, 0.25) is 0 Å². The van der Waals surface area contributed by atoms with Crippen LogP contribution in [0.1, 0.15) is 11.3 Å². The largest absolute Gasteiger partial charge is 0.272 e. The van der Waals surface area contributed by atoms with E-state index in [0.717, 1.165) is 5.56 Å². The predicted octanol–water partition coefficient (Wildman–Crippen LogP) is 2.13. The molecular weight excluding hydrogens is 298 g/mol. The van der Waals surface area contributed by atoms with E-state index >= 15 is 0 Å². The van der Waals surface area contributed by atoms with Crippen LogP contribution in [0, 0.1) is 6.92 Å². The number of sulfonamides is 1. The molecule has 0 radical (unpaired) electrons. The molecule has 1 aromatic carbocycles. The van der Waals surface area contributed by atoms with Crippen molar-refractivity contribution in [3.63, 3.8) is 0 Å². The summed E-state index contributed by atoms with van der Waals surface area (Å²) >= 11 is 5.95. The van der Waals surface area contributed by atoms with Crippen LogP contribution in [-0.2, 0) is 23.5 Å². The third-order valence-electron chi connectivity index (χ3n) is 3.65. The van der Waals surface area contributed by atoms with Crippen molar-refractivity contribution in [1.82, 2.24) is 9.78 Å². The van der Waals surface area contributed by atoms with Gasteiger partial charge in [-0.05, 0) is 37.1 Å². The third-order valence-corrected chi connectivity index (χ3v) is 5.80. The lowest BCUT2D eigenvalue weighted by molar-refractivity contribution is 0.591. The van der Waals surface area contributed by atoms with E-state index in [0.29, 0.717) is 29.4 Å². The molecule has 1 aromatic heterocycles. The zero-order chi connectivity index (χ0) is 14.5. The maximum absolute atomic E-state index is 12.8. The lowest BCUT2D eigenvalue weighted by atomic mass is 10.2. The molecule has 0 atom stereocenters. The van der Waals surface area contributed by atoms with Crippen molar-refractivity contribution in [3.05, 3.63) is 40.7 Å². The Bertz CT molecular complexity index is 783. The second-order valence-electron chi connectivity index (χ2n) is 4.82. The average Bonchev–Trinajstić information content (AvgIpc) is 2.94. The van der Waals surface area contributed by atoms with Gasteiger partial charge >= 0.3 is 0 Å². The van der Waals surface area contributed by atoms with Gasteiger partial charge in [-0.15, -0.1) is 0 Å². The number of rotatable bonds is 2. The van der Waals surface area contributed by atoms with Crippen molar-refractivity contribution in [2.75, 3.05) is 10.8 Å². The van der Waals surface area contributed by atoms with Gasteiger partial charge in [0.25, 0.3) is 10.0 Å². The Morgan fingerprint density at radius 1 is 1.35 bits per heavy atom. The summed E-state index contributed by atoms with van der Waals surface area (Å²) in [6, 6.07) is 5.29. The molecule has 0 N–H and O–H groups in total. The van der Waals surface area contributed by atoms with Gasteiger partial charge < -0.3 is 0 Å². The van der Waals surface area contributed by atoms with E-state index in [-0.39, 0.29) is 4.90 Å². The number of hydrogen-bond acceptors (Lipinski definition) is 3. The summed E-state index contributed by atoms with van der Waals surface area (Å²) in [7, 11) is -1.84. The highest BCUT2D eigenvalue weighted by Crippen LogP contribution is 2.35. The van der Waals surface area contributed by atoms with Gasteiger partial charge in [-0.25, -0.2) is 8.42 Å². The van der Waals surface area contributed by atoms with Crippen molar-refractivity contribution < 1.29 is 8.42 Å². The van der Waals surface area contributed by atoms with Crippen molar-refractivity contribution in [3.8, 4) is 0 Å². The SMILES string of the molecule is Cc1c(S(=O)(=O)N2CCc3cc(Cl)ccc32)cnn1C. The summed E-state index contributed by atoms with van der Waals surface area (Å²) in [5.41, 5.74) is 2.30. The Balaban J connectivity index is 2.10. The van der Waals surface area contributed by atoms with Crippen molar-refractivity contribution in [2.24, 2.45) is 7.05 Å². The maximum Gasteiger partial charge on any atom is 0.267 e. The van der Waals surface area contributed by atoms with E-state index in [1.165, 1.54) is 10.5 Å². The minimum Gasteiger partial charge on any atom is -0.272 e. The smallest absolute Gasteiger partial charge is 0.267 e. The Morgan fingerprint density at radius 2 is 2.10 bits per heavy atom. The fourth-order valence-electron chi connectivity index (χ4n) is 2.44. The maximum atomic E-state index is 12.8. The topological polar surface area (TPSA) is 55.2 Å². The highest BCUT2D eigenvalue weighted by molar-refractivity contribution is 7.92. The van der Waals surface area contributed by atoms with Crippen molar-refractivity contribution in [2.45, 2.75) is 18.2 Å². The Morgan fingerprint density at radius 3 is 2.75 bits per heavy atom. The molecule has 0 unspecified atom stereocenters. The summed E-state index contributed by atoms with van der Waals surface area (Å²) in [4.78, 5) is 0.253. The lowest BCUT2D eigenvalue weighted by Crippen LogP contribution is -2.29. The third kappa shape index (κ3) is 1.91. The Kier molecular flexibility index (Phi) is 3.02. The number of halogens is 1. The van der Waals surface area contributed by atoms with Crippen LogP contribution in [-0.4, -0.2) is 24.7 Å². The number of fused-ring (bicyclic) bond motifs is 1. The van der Waals surface area contributed by atoms with Crippen LogP contribution in [0.3, 0.4) is 0 Å². The zero-order valence-electron chi connectivity index (χ0n) is 11.2. The Hall–Kier alpha value is -1.53. The minimum atomic E-state index is -3.57. The van der Waals surface area contributed by atoms with Crippen molar-refractivity contribution >= 4 is 27.3 Å². The molecule has 3 rings (SSSR count). The first kappa shape index (κ1) is 13.5. The van der Waals surface area contributed by atoms with E-state index in [1.54, 1.807) is 30.8 Å². The van der Waals surface area contributed by atoms with Gasteiger partial charge in [0.1, 0.15) is 4.90 Å². The van der Waals surface area contributed by atoms with Gasteiger partial charge in [-0.3, -0.25) is 8.99 Å². The second-order valence-corrected chi connectivity index (χ2v) is 7.09. The molecule has 0 aliphatic carbocycles. The van der Waals surface area contributed by atoms with Crippen LogP contribution in [0.25, 0.3) is 0 Å². The molecular formula is C13H14ClN3O2S. The monoisotopic (exact) mass is 311 g/mol. The van der Waals surface area contributed by atoms with E-state index in [2.05, 4.69) is 5.10 Å². The second kappa shape index (κ2) is 4.49. The molecule has 2 aromatic rings. The molecule has 0 spiro atoms. The fourth-order valence-corrected chi connectivity index (χ4v) is 4.33. The summed E-state index contributed by atoms with van der Waals surface area (Å²) < 4.78 is 28.5. The molecule has 20 heavy (non-hydrogen) atoms. The predicted molar refractivity (Wildman–Crippen MR) is 77.6 cm³/mol. The molecule has 0 saturated heterocycles. The normalized spacial score (nSPS) is 14.7. The highest BCUT2D eigenvalue weighted by atomic mass is 35.5. The number of hydrogen-bond donors (Lipinski definition) is 0. The summed E-state index contributed by atoms with van der Waals surface area (Å²) in [6.07, 6.45) is 2.08. The summed E-state index contributed by atoms with van der Waals surface area (Å²) in [6.45, 7) is 2.19. The van der Waals surface area contributed by atoms with E-state index in [1.807, 2.05) is 6.07 Å². The highest BCUT2D eigenvalue weighted by Gasteiger charge is 2.33. The first-order valence-corrected chi connectivity index (χ1v) is 8.03. The van der Waals surface area contributed by atoms with Crippen molar-refractivity contribution in [1.29, 1.82) is 0 Å². The standard InChI is InChI=1S/C13H14ClN3O2S/c1-9-13(8-15-16(9)2)20(18,19)17-6-5-10-7-11(14)3-4-12(10)17/h3-4,7-8H,5-6H2,1-2H3. The molecule has 2 heterocycles. The lowest BCUT2D eigenvalue weighted by Gasteiger charge is -2.19. The average molecular weight is 312 g/mol. The number of aromatic nitrogens is 2. The van der Waals surface area contributed by atoms with Crippen LogP contribution in [0.2, 0.25) is 5.02 Å². The molecule has 106 valence electrons. The van der Waals surface area contributed by atoms with Crippen LogP contribution in [0.4, 0.5) is 5.69 Å². The molecule has 5 nitrogen and oxygen atoms in total. The number of benzene rings is 1. The van der Waals surface area contributed by atoms with Crippen LogP contribution < -0.4 is 4.31 Å². The molecule has 0 saturated carbocycles. The molecule has 0 bridgehead atoms. The van der Waals surface area contributed by atoms with Crippen LogP contribution >= 0.6 is 11.6 Å². The van der Waals surface area contributed by atoms with Gasteiger partial charge in [-0.1, -0.05) is 11.6 Å². The van der Waals surface area contributed by atoms with Gasteiger partial charge in [0.15, 0.2) is 0 Å². The quantitative estimate of drug-likeness (QED) is 0.854. The van der Waals surface area contributed by atoms with Crippen LogP contribution in [0.5, 0.6) is 0 Å². The summed E-state index contributed by atoms with van der Waals surface area (Å²) in [5.74, 6) is 0.